The van der Waals surface area contributed by atoms with E-state index in [4.69, 9.17) is 11.6 Å². The molecule has 106 valence electrons. The predicted molar refractivity (Wildman–Crippen MR) is 77.7 cm³/mol. The van der Waals surface area contributed by atoms with Gasteiger partial charge in [0, 0.05) is 0 Å². The zero-order chi connectivity index (χ0) is 15.1. The quantitative estimate of drug-likeness (QED) is 0.783. The van der Waals surface area contributed by atoms with Crippen LogP contribution in [-0.4, -0.2) is 20.6 Å². The van der Waals surface area contributed by atoms with Crippen molar-refractivity contribution in [2.75, 3.05) is 0 Å². The largest absolute Gasteiger partial charge is 0.478 e. The lowest BCUT2D eigenvalue weighted by molar-refractivity contribution is 0.0699. The summed E-state index contributed by atoms with van der Waals surface area (Å²) in [6.07, 6.45) is 0. The number of aryl methyl sites for hydroxylation is 1. The first-order valence-corrected chi connectivity index (χ1v) is 6.53. The third-order valence-electron chi connectivity index (χ3n) is 3.23. The number of aromatic nitrogens is 2. The van der Waals surface area contributed by atoms with Gasteiger partial charge < -0.3 is 5.11 Å². The monoisotopic (exact) mass is 304 g/mol. The van der Waals surface area contributed by atoms with Crippen molar-refractivity contribution in [3.8, 4) is 5.69 Å². The number of fused-ring (bicyclic) bond motifs is 1. The van der Waals surface area contributed by atoms with Crippen molar-refractivity contribution in [3.63, 3.8) is 0 Å². The van der Waals surface area contributed by atoms with E-state index < -0.39 is 11.8 Å². The molecule has 1 aromatic heterocycles. The van der Waals surface area contributed by atoms with Crippen LogP contribution in [0.1, 0.15) is 16.2 Å². The van der Waals surface area contributed by atoms with Crippen molar-refractivity contribution < 1.29 is 14.3 Å². The number of para-hydroxylation sites is 1. The number of imidazole rings is 1. The third-order valence-corrected chi connectivity index (χ3v) is 3.54. The molecule has 0 aliphatic carbocycles. The second-order valence-electron chi connectivity index (χ2n) is 4.57. The van der Waals surface area contributed by atoms with Crippen LogP contribution in [0.25, 0.3) is 16.7 Å². The van der Waals surface area contributed by atoms with Crippen LogP contribution in [0, 0.1) is 12.7 Å². The second-order valence-corrected chi connectivity index (χ2v) is 4.98. The van der Waals surface area contributed by atoms with E-state index in [1.54, 1.807) is 29.7 Å². The number of aromatic carboxylic acids is 1. The molecule has 0 bridgehead atoms. The Kier molecular flexibility index (Phi) is 3.14. The molecule has 3 aromatic rings. The average molecular weight is 305 g/mol. The highest BCUT2D eigenvalue weighted by Crippen LogP contribution is 2.28. The van der Waals surface area contributed by atoms with E-state index in [-0.39, 0.29) is 10.6 Å². The molecule has 1 heterocycles. The molecule has 0 fully saturated rings. The first-order chi connectivity index (χ1) is 9.99. The van der Waals surface area contributed by atoms with Crippen LogP contribution in [0.2, 0.25) is 5.02 Å². The van der Waals surface area contributed by atoms with Crippen LogP contribution < -0.4 is 0 Å². The minimum Gasteiger partial charge on any atom is -0.478 e. The van der Waals surface area contributed by atoms with Crippen LogP contribution in [0.3, 0.4) is 0 Å². The van der Waals surface area contributed by atoms with Gasteiger partial charge in [-0.3, -0.25) is 4.57 Å². The molecule has 4 nitrogen and oxygen atoms in total. The smallest absolute Gasteiger partial charge is 0.337 e. The fourth-order valence-electron chi connectivity index (χ4n) is 2.35. The van der Waals surface area contributed by atoms with Gasteiger partial charge in [0.15, 0.2) is 0 Å². The fourth-order valence-corrected chi connectivity index (χ4v) is 2.61. The predicted octanol–water partition coefficient (Wildman–Crippen LogP) is 3.82. The van der Waals surface area contributed by atoms with Gasteiger partial charge in [0.25, 0.3) is 0 Å². The maximum Gasteiger partial charge on any atom is 0.337 e. The first kappa shape index (κ1) is 13.6. The number of carbonyl (C=O) groups is 1. The third kappa shape index (κ3) is 2.15. The standard InChI is InChI=1S/C15H10ClFN2O2/c1-8-18-14-10(15(20)21)3-2-4-13(14)19(8)12-6-5-9(17)7-11(12)16/h2-7H,1H3,(H,20,21). The number of hydrogen-bond donors (Lipinski definition) is 1. The number of nitrogens with zero attached hydrogens (tertiary/aromatic N) is 2. The molecular weight excluding hydrogens is 295 g/mol. The van der Waals surface area contributed by atoms with E-state index in [0.29, 0.717) is 22.5 Å². The molecule has 2 aromatic carbocycles. The van der Waals surface area contributed by atoms with E-state index in [0.717, 1.165) is 0 Å². The van der Waals surface area contributed by atoms with Crippen molar-refractivity contribution in [1.29, 1.82) is 0 Å². The number of hydrogen-bond acceptors (Lipinski definition) is 2. The Morgan fingerprint density at radius 1 is 1.33 bits per heavy atom. The van der Waals surface area contributed by atoms with Crippen LogP contribution in [0.4, 0.5) is 4.39 Å². The Balaban J connectivity index is 2.36. The van der Waals surface area contributed by atoms with Gasteiger partial charge in [-0.25, -0.2) is 14.2 Å². The molecule has 0 unspecified atom stereocenters. The summed E-state index contributed by atoms with van der Waals surface area (Å²) in [5, 5.41) is 9.45. The lowest BCUT2D eigenvalue weighted by Gasteiger charge is -2.09. The maximum absolute atomic E-state index is 13.2. The van der Waals surface area contributed by atoms with Gasteiger partial charge in [-0.1, -0.05) is 17.7 Å². The highest BCUT2D eigenvalue weighted by molar-refractivity contribution is 6.32. The molecular formula is C15H10ClFN2O2. The lowest BCUT2D eigenvalue weighted by atomic mass is 10.2. The SMILES string of the molecule is Cc1nc2c(C(=O)O)cccc2n1-c1ccc(F)cc1Cl. The summed E-state index contributed by atoms with van der Waals surface area (Å²) in [7, 11) is 0. The van der Waals surface area contributed by atoms with Gasteiger partial charge in [0.05, 0.1) is 21.8 Å². The molecule has 0 aliphatic rings. The Bertz CT molecular complexity index is 873. The Hall–Kier alpha value is -2.40. The van der Waals surface area contributed by atoms with Crippen molar-refractivity contribution in [2.24, 2.45) is 0 Å². The molecule has 0 amide bonds. The number of benzene rings is 2. The first-order valence-electron chi connectivity index (χ1n) is 6.16. The zero-order valence-corrected chi connectivity index (χ0v) is 11.7. The molecule has 0 radical (unpaired) electrons. The Morgan fingerprint density at radius 3 is 2.76 bits per heavy atom. The van der Waals surface area contributed by atoms with Crippen LogP contribution in [0.15, 0.2) is 36.4 Å². The highest BCUT2D eigenvalue weighted by Gasteiger charge is 2.17. The summed E-state index contributed by atoms with van der Waals surface area (Å²) in [5.41, 5.74) is 1.66. The zero-order valence-electron chi connectivity index (χ0n) is 11.0. The Labute approximate surface area is 124 Å². The summed E-state index contributed by atoms with van der Waals surface area (Å²) in [6.45, 7) is 1.74. The minimum absolute atomic E-state index is 0.118. The molecule has 6 heteroatoms. The van der Waals surface area contributed by atoms with Gasteiger partial charge >= 0.3 is 5.97 Å². The van der Waals surface area contributed by atoms with E-state index in [1.165, 1.54) is 18.2 Å². The number of carboxylic acid groups (broad SMARTS) is 1. The van der Waals surface area contributed by atoms with Crippen LogP contribution in [0.5, 0.6) is 0 Å². The van der Waals surface area contributed by atoms with E-state index in [1.807, 2.05) is 0 Å². The molecule has 0 spiro atoms. The maximum atomic E-state index is 13.2. The summed E-state index contributed by atoms with van der Waals surface area (Å²) < 4.78 is 14.9. The van der Waals surface area contributed by atoms with Crippen LogP contribution in [-0.2, 0) is 0 Å². The van der Waals surface area contributed by atoms with Crippen LogP contribution >= 0.6 is 11.6 Å². The molecule has 0 atom stereocenters. The Morgan fingerprint density at radius 2 is 2.10 bits per heavy atom. The summed E-state index contributed by atoms with van der Waals surface area (Å²) >= 11 is 6.09. The molecule has 0 saturated carbocycles. The number of carboxylic acids is 1. The fraction of sp³-hybridized carbons (Fsp3) is 0.0667. The normalized spacial score (nSPS) is 11.0. The van der Waals surface area contributed by atoms with Gasteiger partial charge in [-0.2, -0.15) is 0 Å². The summed E-state index contributed by atoms with van der Waals surface area (Å²) in [4.78, 5) is 15.6. The highest BCUT2D eigenvalue weighted by atomic mass is 35.5. The van der Waals surface area contributed by atoms with Gasteiger partial charge in [0.2, 0.25) is 0 Å². The second kappa shape index (κ2) is 4.86. The van der Waals surface area contributed by atoms with Crippen molar-refractivity contribution >= 4 is 28.6 Å². The molecule has 1 N–H and O–H groups in total. The van der Waals surface area contributed by atoms with Crippen molar-refractivity contribution in [2.45, 2.75) is 6.92 Å². The molecule has 0 aliphatic heterocycles. The van der Waals surface area contributed by atoms with Gasteiger partial charge in [0.1, 0.15) is 17.2 Å². The van der Waals surface area contributed by atoms with E-state index in [9.17, 15) is 14.3 Å². The van der Waals surface area contributed by atoms with Gasteiger partial charge in [-0.05, 0) is 37.3 Å². The number of halogens is 2. The topological polar surface area (TPSA) is 55.1 Å². The summed E-state index contributed by atoms with van der Waals surface area (Å²) in [6, 6.07) is 8.94. The van der Waals surface area contributed by atoms with E-state index in [2.05, 4.69) is 4.98 Å². The average Bonchev–Trinajstić information content (AvgIpc) is 2.74. The number of rotatable bonds is 2. The summed E-state index contributed by atoms with van der Waals surface area (Å²) in [5.74, 6) is -0.903. The van der Waals surface area contributed by atoms with Crippen molar-refractivity contribution in [3.05, 3.63) is 58.6 Å². The minimum atomic E-state index is -1.05. The molecule has 21 heavy (non-hydrogen) atoms. The van der Waals surface area contributed by atoms with E-state index >= 15 is 0 Å². The van der Waals surface area contributed by atoms with Gasteiger partial charge in [-0.15, -0.1) is 0 Å². The molecule has 0 saturated heterocycles. The molecule has 3 rings (SSSR count). The lowest BCUT2D eigenvalue weighted by Crippen LogP contribution is -1.99. The van der Waals surface area contributed by atoms with Crippen molar-refractivity contribution in [1.82, 2.24) is 9.55 Å².